The smallest absolute Gasteiger partial charge is 0.264 e. The Morgan fingerprint density at radius 1 is 0.451 bits per heavy atom. The van der Waals surface area contributed by atoms with E-state index < -0.39 is 11.9 Å². The van der Waals surface area contributed by atoms with E-state index in [1.54, 1.807) is 42.9 Å². The Morgan fingerprint density at radius 2 is 0.863 bits per heavy atom. The molecule has 248 valence electrons. The maximum Gasteiger partial charge on any atom is 0.435 e. The lowest BCUT2D eigenvalue weighted by Crippen LogP contribution is -2.07. The van der Waals surface area contributed by atoms with Gasteiger partial charge in [0, 0.05) is 47.0 Å². The van der Waals surface area contributed by atoms with Gasteiger partial charge in [-0.1, -0.05) is 84.9 Å². The van der Waals surface area contributed by atoms with Crippen LogP contribution in [0.4, 0.5) is 13.2 Å². The molecule has 0 N–H and O–H groups in total. The number of hydrogen-bond acceptors (Lipinski definition) is 4. The molecule has 0 aliphatic heterocycles. The highest BCUT2D eigenvalue weighted by atomic mass is 19.4. The first-order valence-corrected chi connectivity index (χ1v) is 16.3. The normalized spacial score (nSPS) is 11.5. The summed E-state index contributed by atoms with van der Waals surface area (Å²) in [7, 11) is 0. The number of aromatic nitrogens is 6. The molecule has 0 bridgehead atoms. The minimum absolute atomic E-state index is 0.309. The second-order valence-electron chi connectivity index (χ2n) is 12.0. The molecule has 4 aromatic carbocycles. The molecule has 0 atom stereocenters. The lowest BCUT2D eigenvalue weighted by molar-refractivity contribution is -0.141. The number of nitrogens with zero attached hydrogens (tertiary/aromatic N) is 6. The molecule has 0 radical (unpaired) electrons. The highest BCUT2D eigenvalue weighted by molar-refractivity contribution is 5.97. The van der Waals surface area contributed by atoms with Crippen LogP contribution in [0.5, 0.6) is 0 Å². The number of para-hydroxylation sites is 2. The maximum atomic E-state index is 14.1. The van der Waals surface area contributed by atoms with E-state index in [0.29, 0.717) is 22.5 Å². The fourth-order valence-electron chi connectivity index (χ4n) is 6.51. The lowest BCUT2D eigenvalue weighted by atomic mass is 9.88. The van der Waals surface area contributed by atoms with Crippen molar-refractivity contribution in [2.45, 2.75) is 13.1 Å². The minimum Gasteiger partial charge on any atom is -0.264 e. The Balaban J connectivity index is 1.31. The Labute approximate surface area is 292 Å². The summed E-state index contributed by atoms with van der Waals surface area (Å²) >= 11 is 0. The molecule has 0 unspecified atom stereocenters. The van der Waals surface area contributed by atoms with Crippen molar-refractivity contribution >= 4 is 0 Å². The van der Waals surface area contributed by atoms with Gasteiger partial charge in [0.2, 0.25) is 0 Å². The van der Waals surface area contributed by atoms with Crippen LogP contribution in [0.15, 0.2) is 158 Å². The first kappa shape index (κ1) is 31.6. The zero-order chi connectivity index (χ0) is 35.0. The Bertz CT molecular complexity index is 2480. The zero-order valence-corrected chi connectivity index (χ0v) is 27.3. The molecular formula is C42H29F3N6. The summed E-state index contributed by atoms with van der Waals surface area (Å²) in [5.74, 6) is 0. The largest absolute Gasteiger partial charge is 0.435 e. The summed E-state index contributed by atoms with van der Waals surface area (Å²) in [6, 6.07) is 41.5. The number of rotatable bonds is 7. The van der Waals surface area contributed by atoms with Crippen LogP contribution in [0.1, 0.15) is 11.4 Å². The quantitative estimate of drug-likeness (QED) is 0.169. The molecule has 0 saturated heterocycles. The predicted octanol–water partition coefficient (Wildman–Crippen LogP) is 10.5. The lowest BCUT2D eigenvalue weighted by Gasteiger charge is -2.18. The van der Waals surface area contributed by atoms with Crippen molar-refractivity contribution in [3.63, 3.8) is 0 Å². The first-order valence-electron chi connectivity index (χ1n) is 16.3. The van der Waals surface area contributed by atoms with Gasteiger partial charge < -0.3 is 0 Å². The fraction of sp³-hybridized carbons (Fsp3) is 0.0476. The van der Waals surface area contributed by atoms with Crippen LogP contribution in [-0.4, -0.2) is 29.5 Å². The van der Waals surface area contributed by atoms with Gasteiger partial charge in [-0.25, -0.2) is 9.36 Å². The average Bonchev–Trinajstić information content (AvgIpc) is 3.80. The van der Waals surface area contributed by atoms with Crippen molar-refractivity contribution in [2.75, 3.05) is 0 Å². The molecule has 0 amide bonds. The predicted molar refractivity (Wildman–Crippen MR) is 193 cm³/mol. The summed E-state index contributed by atoms with van der Waals surface area (Å²) in [4.78, 5) is 9.04. The third-order valence-corrected chi connectivity index (χ3v) is 8.75. The molecular weight excluding hydrogens is 645 g/mol. The molecule has 8 rings (SSSR count). The summed E-state index contributed by atoms with van der Waals surface area (Å²) < 4.78 is 45.6. The fourth-order valence-corrected chi connectivity index (χ4v) is 6.51. The van der Waals surface area contributed by atoms with Crippen LogP contribution in [-0.2, 0) is 6.18 Å². The molecule has 4 aromatic heterocycles. The van der Waals surface area contributed by atoms with Crippen LogP contribution < -0.4 is 0 Å². The Hall–Kier alpha value is -6.61. The van der Waals surface area contributed by atoms with Gasteiger partial charge in [-0.2, -0.15) is 23.4 Å². The first-order chi connectivity index (χ1) is 24.9. The molecule has 6 nitrogen and oxygen atoms in total. The van der Waals surface area contributed by atoms with Gasteiger partial charge in [0.05, 0.1) is 28.5 Å². The monoisotopic (exact) mass is 674 g/mol. The molecule has 0 fully saturated rings. The minimum atomic E-state index is -4.63. The van der Waals surface area contributed by atoms with Gasteiger partial charge in [-0.15, -0.1) is 0 Å². The molecule has 0 spiro atoms. The van der Waals surface area contributed by atoms with Crippen LogP contribution >= 0.6 is 0 Å². The molecule has 0 aliphatic carbocycles. The SMILES string of the molecule is Cc1cc(-c2ccccc2-c2cnccc2-c2ccncc2-c2ccccc2-c2cc(C(F)(F)F)nn2-c2ccccc2)n(-c2ccccc2)n1. The summed E-state index contributed by atoms with van der Waals surface area (Å²) in [5.41, 5.74) is 9.18. The van der Waals surface area contributed by atoms with Gasteiger partial charge in [-0.3, -0.25) is 9.97 Å². The highest BCUT2D eigenvalue weighted by Crippen LogP contribution is 2.44. The van der Waals surface area contributed by atoms with Gasteiger partial charge >= 0.3 is 6.18 Å². The van der Waals surface area contributed by atoms with Gasteiger partial charge in [0.15, 0.2) is 5.69 Å². The standard InChI is InChI=1S/C42H29F3N6/c1-28-24-39(50(48-28)29-12-4-2-5-13-29)35-18-10-8-16-31(35)37-26-46-22-20-33(37)34-21-23-47-27-38(34)32-17-9-11-19-36(32)40-25-41(42(43,44)45)49-51(40)30-14-6-3-7-15-30/h2-27H,1H3. The average molecular weight is 675 g/mol. The second-order valence-corrected chi connectivity index (χ2v) is 12.0. The topological polar surface area (TPSA) is 61.4 Å². The molecule has 0 saturated carbocycles. The van der Waals surface area contributed by atoms with Crippen molar-refractivity contribution in [1.29, 1.82) is 0 Å². The second kappa shape index (κ2) is 13.0. The van der Waals surface area contributed by atoms with Crippen molar-refractivity contribution in [3.8, 4) is 67.3 Å². The Morgan fingerprint density at radius 3 is 1.35 bits per heavy atom. The molecule has 9 heteroatoms. The third kappa shape index (κ3) is 5.99. The molecule has 0 aliphatic rings. The van der Waals surface area contributed by atoms with E-state index in [9.17, 15) is 13.2 Å². The van der Waals surface area contributed by atoms with Gasteiger partial charge in [0.25, 0.3) is 0 Å². The number of halogens is 3. The number of aryl methyl sites for hydroxylation is 1. The number of hydrogen-bond donors (Lipinski definition) is 0. The van der Waals surface area contributed by atoms with E-state index in [2.05, 4.69) is 33.3 Å². The summed E-state index contributed by atoms with van der Waals surface area (Å²) in [6.07, 6.45) is 2.45. The third-order valence-electron chi connectivity index (χ3n) is 8.75. The van der Waals surface area contributed by atoms with E-state index in [1.807, 2.05) is 103 Å². The molecule has 51 heavy (non-hydrogen) atoms. The van der Waals surface area contributed by atoms with Crippen LogP contribution in [0.2, 0.25) is 0 Å². The Kier molecular flexibility index (Phi) is 8.08. The zero-order valence-electron chi connectivity index (χ0n) is 27.3. The van der Waals surface area contributed by atoms with E-state index in [4.69, 9.17) is 5.10 Å². The highest BCUT2D eigenvalue weighted by Gasteiger charge is 2.35. The number of benzene rings is 4. The van der Waals surface area contributed by atoms with E-state index in [0.717, 1.165) is 56.5 Å². The van der Waals surface area contributed by atoms with E-state index in [1.165, 1.54) is 4.68 Å². The van der Waals surface area contributed by atoms with E-state index in [-0.39, 0.29) is 0 Å². The van der Waals surface area contributed by atoms with Crippen molar-refractivity contribution in [1.82, 2.24) is 29.5 Å². The summed E-state index contributed by atoms with van der Waals surface area (Å²) in [5, 5.41) is 8.85. The van der Waals surface area contributed by atoms with Gasteiger partial charge in [-0.05, 0) is 77.7 Å². The van der Waals surface area contributed by atoms with Gasteiger partial charge in [0.1, 0.15) is 0 Å². The van der Waals surface area contributed by atoms with Crippen LogP contribution in [0.3, 0.4) is 0 Å². The molecule has 8 aromatic rings. The summed E-state index contributed by atoms with van der Waals surface area (Å²) in [6.45, 7) is 1.98. The number of alkyl halides is 3. The van der Waals surface area contributed by atoms with Crippen LogP contribution in [0, 0.1) is 6.92 Å². The molecule has 4 heterocycles. The number of pyridine rings is 2. The van der Waals surface area contributed by atoms with Crippen LogP contribution in [0.25, 0.3) is 67.3 Å². The van der Waals surface area contributed by atoms with Crippen molar-refractivity contribution in [3.05, 3.63) is 170 Å². The van der Waals surface area contributed by atoms with Crippen molar-refractivity contribution < 1.29 is 13.2 Å². The van der Waals surface area contributed by atoms with Crippen molar-refractivity contribution in [2.24, 2.45) is 0 Å². The maximum absolute atomic E-state index is 14.1. The van der Waals surface area contributed by atoms with E-state index >= 15 is 0 Å².